The number of hydrogen-bond donors (Lipinski definition) is 2. The summed E-state index contributed by atoms with van der Waals surface area (Å²) in [6.07, 6.45) is 0. The van der Waals surface area contributed by atoms with Gasteiger partial charge >= 0.3 is 0 Å². The van der Waals surface area contributed by atoms with Gasteiger partial charge in [-0.25, -0.2) is 8.78 Å². The third-order valence-electron chi connectivity index (χ3n) is 2.33. The van der Waals surface area contributed by atoms with E-state index >= 15 is 0 Å². The van der Waals surface area contributed by atoms with E-state index in [0.29, 0.717) is 11.1 Å². The summed E-state index contributed by atoms with van der Waals surface area (Å²) in [4.78, 5) is 11.8. The number of anilines is 1. The summed E-state index contributed by atoms with van der Waals surface area (Å²) in [7, 11) is 0. The van der Waals surface area contributed by atoms with Crippen LogP contribution < -0.4 is 5.32 Å². The molecule has 0 heterocycles. The van der Waals surface area contributed by atoms with E-state index < -0.39 is 17.5 Å². The van der Waals surface area contributed by atoms with Crippen LogP contribution in [0.3, 0.4) is 0 Å². The van der Waals surface area contributed by atoms with Gasteiger partial charge in [0.05, 0.1) is 5.69 Å². The van der Waals surface area contributed by atoms with Gasteiger partial charge in [-0.15, -0.1) is 0 Å². The van der Waals surface area contributed by atoms with Crippen LogP contribution >= 0.6 is 11.6 Å². The Balaban J connectivity index is 2.28. The van der Waals surface area contributed by atoms with E-state index in [1.165, 1.54) is 18.2 Å². The van der Waals surface area contributed by atoms with Crippen LogP contribution in [0.2, 0.25) is 5.02 Å². The molecule has 0 spiro atoms. The summed E-state index contributed by atoms with van der Waals surface area (Å²) in [5.41, 5.74) is -0.140. The van der Waals surface area contributed by atoms with Crippen LogP contribution in [0.25, 0.3) is 0 Å². The average Bonchev–Trinajstić information content (AvgIpc) is 2.32. The molecule has 19 heavy (non-hydrogen) atoms. The van der Waals surface area contributed by atoms with Crippen molar-refractivity contribution < 1.29 is 18.7 Å². The molecule has 0 aliphatic carbocycles. The summed E-state index contributed by atoms with van der Waals surface area (Å²) in [5, 5.41) is 12.1. The lowest BCUT2D eigenvalue weighted by molar-refractivity contribution is 0.102. The molecule has 0 unspecified atom stereocenters. The summed E-state index contributed by atoms with van der Waals surface area (Å²) in [6, 6.07) is 6.50. The molecule has 0 fully saturated rings. The fraction of sp³-hybridized carbons (Fsp3) is 0. The predicted molar refractivity (Wildman–Crippen MR) is 67.4 cm³/mol. The van der Waals surface area contributed by atoms with Crippen LogP contribution in [0, 0.1) is 11.6 Å². The smallest absolute Gasteiger partial charge is 0.255 e. The van der Waals surface area contributed by atoms with E-state index in [4.69, 9.17) is 11.6 Å². The molecule has 2 aromatic carbocycles. The molecule has 0 aromatic heterocycles. The number of carbonyl (C=O) groups excluding carboxylic acids is 1. The first-order valence-corrected chi connectivity index (χ1v) is 5.59. The number of aromatic hydroxyl groups is 1. The van der Waals surface area contributed by atoms with Gasteiger partial charge < -0.3 is 10.4 Å². The van der Waals surface area contributed by atoms with E-state index in [1.807, 2.05) is 0 Å². The first-order valence-electron chi connectivity index (χ1n) is 5.21. The molecule has 2 rings (SSSR count). The van der Waals surface area contributed by atoms with Gasteiger partial charge in [-0.1, -0.05) is 11.6 Å². The van der Waals surface area contributed by atoms with Gasteiger partial charge in [0.25, 0.3) is 5.91 Å². The highest BCUT2D eigenvalue weighted by molar-refractivity contribution is 6.31. The maximum absolute atomic E-state index is 13.0. The summed E-state index contributed by atoms with van der Waals surface area (Å²) in [5.74, 6) is -2.67. The van der Waals surface area contributed by atoms with Crippen molar-refractivity contribution in [1.29, 1.82) is 0 Å². The van der Waals surface area contributed by atoms with Crippen molar-refractivity contribution in [3.05, 3.63) is 58.6 Å². The number of rotatable bonds is 2. The molecule has 0 saturated carbocycles. The number of nitrogens with one attached hydrogen (secondary N) is 1. The van der Waals surface area contributed by atoms with E-state index in [9.17, 15) is 18.7 Å². The number of carbonyl (C=O) groups is 1. The molecule has 2 aromatic rings. The molecule has 1 amide bonds. The minimum atomic E-state index is -0.861. The lowest BCUT2D eigenvalue weighted by atomic mass is 10.2. The van der Waals surface area contributed by atoms with Crippen LogP contribution in [0.1, 0.15) is 10.4 Å². The Kier molecular flexibility index (Phi) is 3.66. The third kappa shape index (κ3) is 3.20. The summed E-state index contributed by atoms with van der Waals surface area (Å²) in [6.45, 7) is 0. The van der Waals surface area contributed by atoms with Gasteiger partial charge in [0.2, 0.25) is 0 Å². The monoisotopic (exact) mass is 283 g/mol. The normalized spacial score (nSPS) is 10.3. The number of hydrogen-bond acceptors (Lipinski definition) is 2. The zero-order valence-corrected chi connectivity index (χ0v) is 10.2. The zero-order valence-electron chi connectivity index (χ0n) is 9.45. The number of phenols is 1. The van der Waals surface area contributed by atoms with Crippen LogP contribution in [0.5, 0.6) is 5.75 Å². The Morgan fingerprint density at radius 3 is 2.37 bits per heavy atom. The van der Waals surface area contributed by atoms with E-state index in [0.717, 1.165) is 12.1 Å². The number of amides is 1. The van der Waals surface area contributed by atoms with Crippen LogP contribution in [0.4, 0.5) is 14.5 Å². The first-order chi connectivity index (χ1) is 8.95. The average molecular weight is 284 g/mol. The van der Waals surface area contributed by atoms with Crippen molar-refractivity contribution in [3.8, 4) is 5.75 Å². The van der Waals surface area contributed by atoms with E-state index in [-0.39, 0.29) is 17.0 Å². The molecule has 0 bridgehead atoms. The number of benzene rings is 2. The molecule has 0 aliphatic heterocycles. The Morgan fingerprint density at radius 2 is 1.74 bits per heavy atom. The maximum Gasteiger partial charge on any atom is 0.255 e. The topological polar surface area (TPSA) is 49.3 Å². The molecule has 0 aliphatic rings. The molecule has 0 atom stereocenters. The van der Waals surface area contributed by atoms with Gasteiger partial charge in [0.1, 0.15) is 17.4 Å². The predicted octanol–water partition coefficient (Wildman–Crippen LogP) is 3.58. The van der Waals surface area contributed by atoms with Crippen molar-refractivity contribution in [2.45, 2.75) is 0 Å². The van der Waals surface area contributed by atoms with Crippen molar-refractivity contribution in [1.82, 2.24) is 0 Å². The van der Waals surface area contributed by atoms with Crippen LogP contribution in [0.15, 0.2) is 36.4 Å². The standard InChI is InChI=1S/C13H8ClF2NO2/c14-8-1-2-12(18)11(5-8)17-13(19)7-3-9(15)6-10(16)4-7/h1-6,18H,(H,17,19). The fourth-order valence-corrected chi connectivity index (χ4v) is 1.66. The van der Waals surface area contributed by atoms with Gasteiger partial charge in [-0.05, 0) is 30.3 Å². The largest absolute Gasteiger partial charge is 0.506 e. The molecule has 0 radical (unpaired) electrons. The highest BCUT2D eigenvalue weighted by Crippen LogP contribution is 2.27. The van der Waals surface area contributed by atoms with Gasteiger partial charge in [0, 0.05) is 16.7 Å². The van der Waals surface area contributed by atoms with Crippen LogP contribution in [-0.2, 0) is 0 Å². The lowest BCUT2D eigenvalue weighted by Gasteiger charge is -2.08. The molecule has 3 nitrogen and oxygen atoms in total. The maximum atomic E-state index is 13.0. The molecule has 0 saturated heterocycles. The fourth-order valence-electron chi connectivity index (χ4n) is 1.49. The Bertz CT molecular complexity index is 626. The Hall–Kier alpha value is -2.14. The zero-order chi connectivity index (χ0) is 14.0. The second-order valence-electron chi connectivity index (χ2n) is 3.77. The van der Waals surface area contributed by atoms with Gasteiger partial charge in [0.15, 0.2) is 0 Å². The lowest BCUT2D eigenvalue weighted by Crippen LogP contribution is -2.12. The minimum absolute atomic E-state index is 0.0576. The molecular formula is C13H8ClF2NO2. The third-order valence-corrected chi connectivity index (χ3v) is 2.57. The van der Waals surface area contributed by atoms with E-state index in [1.54, 1.807) is 0 Å². The Morgan fingerprint density at radius 1 is 1.11 bits per heavy atom. The highest BCUT2D eigenvalue weighted by atomic mass is 35.5. The quantitative estimate of drug-likeness (QED) is 0.828. The second-order valence-corrected chi connectivity index (χ2v) is 4.21. The Labute approximate surface area is 112 Å². The van der Waals surface area contributed by atoms with E-state index in [2.05, 4.69) is 5.32 Å². The molecule has 2 N–H and O–H groups in total. The highest BCUT2D eigenvalue weighted by Gasteiger charge is 2.11. The van der Waals surface area contributed by atoms with Crippen molar-refractivity contribution >= 4 is 23.2 Å². The molecule has 98 valence electrons. The first kappa shape index (κ1) is 13.3. The SMILES string of the molecule is O=C(Nc1cc(Cl)ccc1O)c1cc(F)cc(F)c1. The summed E-state index contributed by atoms with van der Waals surface area (Å²) < 4.78 is 26.0. The van der Waals surface area contributed by atoms with Crippen molar-refractivity contribution in [2.75, 3.05) is 5.32 Å². The molecule has 6 heteroatoms. The molecular weight excluding hydrogens is 276 g/mol. The van der Waals surface area contributed by atoms with Crippen molar-refractivity contribution in [2.24, 2.45) is 0 Å². The second kappa shape index (κ2) is 5.24. The number of phenolic OH excluding ortho intramolecular Hbond substituents is 1. The van der Waals surface area contributed by atoms with Gasteiger partial charge in [-0.2, -0.15) is 0 Å². The van der Waals surface area contributed by atoms with Crippen LogP contribution in [-0.4, -0.2) is 11.0 Å². The van der Waals surface area contributed by atoms with Crippen molar-refractivity contribution in [3.63, 3.8) is 0 Å². The summed E-state index contributed by atoms with van der Waals surface area (Å²) >= 11 is 5.71. The van der Waals surface area contributed by atoms with Gasteiger partial charge in [-0.3, -0.25) is 4.79 Å². The number of halogens is 3. The minimum Gasteiger partial charge on any atom is -0.506 e.